The van der Waals surface area contributed by atoms with Gasteiger partial charge in [0.2, 0.25) is 0 Å². The first kappa shape index (κ1) is 14.1. The molecule has 4 heterocycles. The third kappa shape index (κ3) is 2.14. The van der Waals surface area contributed by atoms with Crippen molar-refractivity contribution in [2.75, 3.05) is 39.8 Å². The Kier molecular flexibility index (Phi) is 3.21. The van der Waals surface area contributed by atoms with Crippen LogP contribution in [0.1, 0.15) is 16.8 Å². The number of carbonyl (C=O) groups excluding carboxylic acids is 1. The molecular weight excluding hydrogens is 280 g/mol. The quantitative estimate of drug-likeness (QED) is 0.769. The van der Waals surface area contributed by atoms with Gasteiger partial charge in [-0.15, -0.1) is 0 Å². The van der Waals surface area contributed by atoms with E-state index >= 15 is 0 Å². The van der Waals surface area contributed by atoms with Crippen LogP contribution in [0.5, 0.6) is 0 Å². The van der Waals surface area contributed by atoms with Gasteiger partial charge in [-0.25, -0.2) is 0 Å². The number of piperazine rings is 1. The molecule has 3 saturated heterocycles. The maximum Gasteiger partial charge on any atom is 0.255 e. The van der Waals surface area contributed by atoms with Gasteiger partial charge in [0.25, 0.3) is 5.91 Å². The number of fused-ring (bicyclic) bond motifs is 2. The maximum atomic E-state index is 12.8. The van der Waals surface area contributed by atoms with Crippen LogP contribution in [0.15, 0.2) is 24.5 Å². The van der Waals surface area contributed by atoms with Crippen molar-refractivity contribution in [1.82, 2.24) is 19.7 Å². The number of β-amino-alcohol motifs (C(OH)–C–C–N with tert-alkyl or cyclic N) is 1. The van der Waals surface area contributed by atoms with Crippen molar-refractivity contribution in [1.29, 1.82) is 0 Å². The minimum atomic E-state index is -0.263. The van der Waals surface area contributed by atoms with Gasteiger partial charge in [-0.3, -0.25) is 14.7 Å². The van der Waals surface area contributed by atoms with E-state index in [1.807, 2.05) is 11.0 Å². The summed E-state index contributed by atoms with van der Waals surface area (Å²) in [4.78, 5) is 23.5. The maximum absolute atomic E-state index is 12.8. The molecule has 1 spiro atoms. The van der Waals surface area contributed by atoms with Crippen molar-refractivity contribution in [3.05, 3.63) is 30.1 Å². The first-order valence-electron chi connectivity index (χ1n) is 7.90. The van der Waals surface area contributed by atoms with Gasteiger partial charge < -0.3 is 14.9 Å². The number of carbonyl (C=O) groups is 1. The van der Waals surface area contributed by atoms with Crippen LogP contribution in [0, 0.1) is 0 Å². The number of likely N-dealkylation sites (tertiary alicyclic amines) is 1. The highest BCUT2D eigenvalue weighted by Gasteiger charge is 2.55. The molecular formula is C16H22N4O2. The highest BCUT2D eigenvalue weighted by molar-refractivity contribution is 5.94. The lowest BCUT2D eigenvalue weighted by molar-refractivity contribution is -0.0963. The average molecular weight is 302 g/mol. The molecule has 6 heteroatoms. The Bertz CT molecular complexity index is 573. The predicted octanol–water partition coefficient (Wildman–Crippen LogP) is -0.343. The summed E-state index contributed by atoms with van der Waals surface area (Å²) in [6.07, 6.45) is 3.83. The van der Waals surface area contributed by atoms with Crippen molar-refractivity contribution in [2.24, 2.45) is 0 Å². The van der Waals surface area contributed by atoms with Crippen LogP contribution < -0.4 is 0 Å². The molecule has 0 bridgehead atoms. The fraction of sp³-hybridized carbons (Fsp3) is 0.625. The third-order valence-electron chi connectivity index (χ3n) is 5.24. The molecule has 3 fully saturated rings. The Labute approximate surface area is 130 Å². The molecule has 1 amide bonds. The second-order valence-electron chi connectivity index (χ2n) is 7.02. The third-order valence-corrected chi connectivity index (χ3v) is 5.24. The number of aromatic nitrogens is 1. The predicted molar refractivity (Wildman–Crippen MR) is 81.5 cm³/mol. The van der Waals surface area contributed by atoms with E-state index in [1.54, 1.807) is 18.5 Å². The summed E-state index contributed by atoms with van der Waals surface area (Å²) in [6.45, 7) is 4.12. The number of nitrogens with zero attached hydrogens (tertiary/aromatic N) is 4. The van der Waals surface area contributed by atoms with E-state index in [9.17, 15) is 9.90 Å². The van der Waals surface area contributed by atoms with Crippen LogP contribution in [0.25, 0.3) is 0 Å². The fourth-order valence-corrected chi connectivity index (χ4v) is 4.48. The first-order chi connectivity index (χ1) is 10.6. The van der Waals surface area contributed by atoms with Crippen molar-refractivity contribution in [3.8, 4) is 0 Å². The largest absolute Gasteiger partial charge is 0.392 e. The molecule has 1 aromatic heterocycles. The lowest BCUT2D eigenvalue weighted by Crippen LogP contribution is -2.77. The molecule has 22 heavy (non-hydrogen) atoms. The lowest BCUT2D eigenvalue weighted by atomic mass is 9.84. The molecule has 3 aliphatic heterocycles. The molecule has 2 atom stereocenters. The summed E-state index contributed by atoms with van der Waals surface area (Å²) in [5, 5.41) is 10.1. The summed E-state index contributed by atoms with van der Waals surface area (Å²) in [7, 11) is 2.11. The van der Waals surface area contributed by atoms with Crippen molar-refractivity contribution in [3.63, 3.8) is 0 Å². The van der Waals surface area contributed by atoms with Gasteiger partial charge in [-0.05, 0) is 25.6 Å². The topological polar surface area (TPSA) is 59.9 Å². The van der Waals surface area contributed by atoms with E-state index in [2.05, 4.69) is 21.8 Å². The van der Waals surface area contributed by atoms with Gasteiger partial charge in [0, 0.05) is 51.2 Å². The normalized spacial score (nSPS) is 31.1. The van der Waals surface area contributed by atoms with Crippen molar-refractivity contribution in [2.45, 2.75) is 24.1 Å². The summed E-state index contributed by atoms with van der Waals surface area (Å²) in [6, 6.07) is 3.90. The zero-order valence-corrected chi connectivity index (χ0v) is 12.9. The molecule has 118 valence electrons. The molecule has 6 nitrogen and oxygen atoms in total. The van der Waals surface area contributed by atoms with E-state index in [1.165, 1.54) is 0 Å². The van der Waals surface area contributed by atoms with Gasteiger partial charge >= 0.3 is 0 Å². The Hall–Kier alpha value is -1.50. The highest BCUT2D eigenvalue weighted by Crippen LogP contribution is 2.38. The number of pyridine rings is 1. The zero-order valence-electron chi connectivity index (χ0n) is 12.9. The molecule has 0 aliphatic carbocycles. The van der Waals surface area contributed by atoms with Crippen LogP contribution in [-0.2, 0) is 0 Å². The molecule has 0 aromatic carbocycles. The summed E-state index contributed by atoms with van der Waals surface area (Å²) >= 11 is 0. The van der Waals surface area contributed by atoms with E-state index in [0.717, 1.165) is 32.6 Å². The van der Waals surface area contributed by atoms with Crippen LogP contribution in [0.4, 0.5) is 0 Å². The molecule has 1 N–H and O–H groups in total. The SMILES string of the molecule is CN1CC2(C1)CN(C(=O)c1cccnc1)C[C@H]1C[C@@H](O)CN12. The van der Waals surface area contributed by atoms with Crippen molar-refractivity contribution >= 4 is 5.91 Å². The van der Waals surface area contributed by atoms with E-state index in [4.69, 9.17) is 0 Å². The van der Waals surface area contributed by atoms with E-state index in [0.29, 0.717) is 12.1 Å². The summed E-state index contributed by atoms with van der Waals surface area (Å²) in [5.74, 6) is 0.0584. The van der Waals surface area contributed by atoms with Gasteiger partial charge in [-0.2, -0.15) is 0 Å². The smallest absolute Gasteiger partial charge is 0.255 e. The first-order valence-corrected chi connectivity index (χ1v) is 7.90. The zero-order chi connectivity index (χ0) is 15.3. The number of aliphatic hydroxyl groups is 1. The molecule has 0 saturated carbocycles. The van der Waals surface area contributed by atoms with E-state index in [-0.39, 0.29) is 23.6 Å². The van der Waals surface area contributed by atoms with Crippen LogP contribution in [0.3, 0.4) is 0 Å². The summed E-state index contributed by atoms with van der Waals surface area (Å²) < 4.78 is 0. The number of amides is 1. The monoisotopic (exact) mass is 302 g/mol. The lowest BCUT2D eigenvalue weighted by Gasteiger charge is -2.60. The molecule has 0 unspecified atom stereocenters. The second-order valence-corrected chi connectivity index (χ2v) is 7.02. The number of hydrogen-bond donors (Lipinski definition) is 1. The Morgan fingerprint density at radius 3 is 2.86 bits per heavy atom. The molecule has 1 aromatic rings. The molecule has 4 rings (SSSR count). The van der Waals surface area contributed by atoms with Gasteiger partial charge in [0.15, 0.2) is 0 Å². The second kappa shape index (κ2) is 5.01. The number of likely N-dealkylation sites (N-methyl/N-ethyl adjacent to an activating group) is 1. The van der Waals surface area contributed by atoms with E-state index < -0.39 is 0 Å². The fourth-order valence-electron chi connectivity index (χ4n) is 4.48. The van der Waals surface area contributed by atoms with Crippen LogP contribution in [0.2, 0.25) is 0 Å². The number of aliphatic hydroxyl groups excluding tert-OH is 1. The number of hydrogen-bond acceptors (Lipinski definition) is 5. The van der Waals surface area contributed by atoms with Gasteiger partial charge in [0.1, 0.15) is 0 Å². The van der Waals surface area contributed by atoms with Gasteiger partial charge in [0.05, 0.1) is 17.2 Å². The van der Waals surface area contributed by atoms with Crippen LogP contribution >= 0.6 is 0 Å². The Morgan fingerprint density at radius 1 is 1.36 bits per heavy atom. The molecule has 0 radical (unpaired) electrons. The minimum Gasteiger partial charge on any atom is -0.392 e. The Balaban J connectivity index is 1.59. The van der Waals surface area contributed by atoms with Crippen LogP contribution in [-0.4, -0.2) is 88.2 Å². The average Bonchev–Trinajstić information content (AvgIpc) is 2.87. The van der Waals surface area contributed by atoms with Gasteiger partial charge in [-0.1, -0.05) is 0 Å². The summed E-state index contributed by atoms with van der Waals surface area (Å²) in [5.41, 5.74) is 0.671. The highest BCUT2D eigenvalue weighted by atomic mass is 16.3. The van der Waals surface area contributed by atoms with Crippen molar-refractivity contribution < 1.29 is 9.90 Å². The number of rotatable bonds is 1. The Morgan fingerprint density at radius 2 is 2.18 bits per heavy atom. The standard InChI is InChI=1S/C16H22N4O2/c1-18-9-16(10-18)11-19(7-13-5-14(21)8-20(13)16)15(22)12-3-2-4-17-6-12/h2-4,6,13-14,21H,5,7-11H2,1H3/t13-,14-/m1/s1. The molecule has 3 aliphatic rings. The minimum absolute atomic E-state index is 0.0208.